The maximum atomic E-state index is 7.79. The van der Waals surface area contributed by atoms with Crippen LogP contribution < -0.4 is 4.74 Å². The van der Waals surface area contributed by atoms with Crippen LogP contribution in [0.15, 0.2) is 59.0 Å². The maximum Gasteiger partial charge on any atom is 0.135 e. The summed E-state index contributed by atoms with van der Waals surface area (Å²) in [5.41, 5.74) is 1.61. The van der Waals surface area contributed by atoms with Gasteiger partial charge in [0.05, 0.1) is 8.48 Å². The molecule has 2 aromatic carbocycles. The summed E-state index contributed by atoms with van der Waals surface area (Å²) in [5, 5.41) is 0.952. The molecule has 84 valence electrons. The van der Waals surface area contributed by atoms with Crippen molar-refractivity contribution in [3.63, 3.8) is 0 Å². The zero-order chi connectivity index (χ0) is 12.5. The monoisotopic (exact) mass is 225 g/mol. The Hall–Kier alpha value is -2.22. The van der Waals surface area contributed by atoms with Crippen LogP contribution in [0, 0.1) is 0 Å². The molecule has 0 bridgehead atoms. The van der Waals surface area contributed by atoms with Crippen LogP contribution in [0.1, 0.15) is 1.37 Å². The van der Waals surface area contributed by atoms with Gasteiger partial charge in [0.2, 0.25) is 0 Å². The summed E-state index contributed by atoms with van der Waals surface area (Å²) in [5.74, 6) is 1.59. The molecule has 1 aromatic heterocycles. The molecule has 3 rings (SSSR count). The normalized spacial score (nSPS) is 11.5. The average Bonchev–Trinajstić information content (AvgIpc) is 2.84. The second kappa shape index (κ2) is 3.98. The number of hydrogen-bond donors (Lipinski definition) is 0. The van der Waals surface area contributed by atoms with Crippen LogP contribution in [-0.2, 0) is 0 Å². The first-order valence-corrected chi connectivity index (χ1v) is 5.41. The van der Waals surface area contributed by atoms with Crippen molar-refractivity contribution in [2.45, 2.75) is 0 Å². The number of fused-ring (bicyclic) bond motifs is 1. The predicted molar refractivity (Wildman–Crippen MR) is 68.2 cm³/mol. The predicted octanol–water partition coefficient (Wildman–Crippen LogP) is 4.11. The highest BCUT2D eigenvalue weighted by Gasteiger charge is 2.05. The smallest absolute Gasteiger partial charge is 0.135 e. The van der Waals surface area contributed by atoms with E-state index in [1.807, 2.05) is 42.5 Å². The minimum atomic E-state index is 0.410. The molecular formula is C15H12O2. The van der Waals surface area contributed by atoms with Gasteiger partial charge >= 0.3 is 0 Å². The van der Waals surface area contributed by atoms with Crippen LogP contribution in [0.2, 0.25) is 0 Å². The lowest BCUT2D eigenvalue weighted by Gasteiger charge is -2.00. The topological polar surface area (TPSA) is 22.4 Å². The zero-order valence-corrected chi connectivity index (χ0v) is 9.44. The van der Waals surface area contributed by atoms with Crippen molar-refractivity contribution >= 4 is 11.0 Å². The van der Waals surface area contributed by atoms with Gasteiger partial charge in [-0.25, -0.2) is 0 Å². The van der Waals surface area contributed by atoms with Crippen LogP contribution in [0.25, 0.3) is 22.3 Å². The molecule has 0 aliphatic rings. The Labute approximate surface area is 101 Å². The number of furan rings is 1. The summed E-state index contributed by atoms with van der Waals surface area (Å²) < 4.78 is 18.6. The lowest BCUT2D eigenvalue weighted by atomic mass is 10.1. The second-order valence-electron chi connectivity index (χ2n) is 3.79. The number of benzene rings is 2. The quantitative estimate of drug-likeness (QED) is 0.655. The number of rotatable bonds is 2. The minimum absolute atomic E-state index is 0.410. The van der Waals surface area contributed by atoms with E-state index in [4.69, 9.17) is 10.5 Å². The summed E-state index contributed by atoms with van der Waals surface area (Å²) in [6.07, 6.45) is 0. The van der Waals surface area contributed by atoms with Gasteiger partial charge in [0.25, 0.3) is 0 Å². The van der Waals surface area contributed by atoms with Crippen LogP contribution in [0.5, 0.6) is 5.75 Å². The third-order valence-corrected chi connectivity index (χ3v) is 2.72. The van der Waals surface area contributed by atoms with Crippen molar-refractivity contribution in [1.82, 2.24) is 0 Å². The third kappa shape index (κ3) is 1.78. The summed E-state index contributed by atoms with van der Waals surface area (Å²) in [6, 6.07) is 15.6. The number of methoxy groups -OCH3 is 1. The van der Waals surface area contributed by atoms with E-state index in [0.29, 0.717) is 11.6 Å². The van der Waals surface area contributed by atoms with Gasteiger partial charge in [-0.15, -0.1) is 0 Å². The Morgan fingerprint density at radius 3 is 2.65 bits per heavy atom. The fourth-order valence-corrected chi connectivity index (χ4v) is 1.81. The van der Waals surface area contributed by atoms with Crippen LogP contribution in [0.3, 0.4) is 0 Å². The second-order valence-corrected chi connectivity index (χ2v) is 3.79. The van der Waals surface area contributed by atoms with Gasteiger partial charge in [0.1, 0.15) is 17.1 Å². The van der Waals surface area contributed by atoms with Crippen LogP contribution >= 0.6 is 0 Å². The van der Waals surface area contributed by atoms with Gasteiger partial charge < -0.3 is 9.15 Å². The molecule has 2 heteroatoms. The molecule has 0 amide bonds. The Morgan fingerprint density at radius 2 is 1.94 bits per heavy atom. The molecule has 0 atom stereocenters. The molecule has 0 fully saturated rings. The highest BCUT2D eigenvalue weighted by atomic mass is 16.5. The molecular weight excluding hydrogens is 212 g/mol. The number of ether oxygens (including phenoxy) is 1. The minimum Gasteiger partial charge on any atom is -0.497 e. The van der Waals surface area contributed by atoms with Crippen molar-refractivity contribution in [3.05, 3.63) is 54.6 Å². The highest BCUT2D eigenvalue weighted by Crippen LogP contribution is 2.28. The van der Waals surface area contributed by atoms with E-state index in [9.17, 15) is 0 Å². The largest absolute Gasteiger partial charge is 0.497 e. The first kappa shape index (κ1) is 8.88. The van der Waals surface area contributed by atoms with E-state index in [-0.39, 0.29) is 0 Å². The molecule has 0 N–H and O–H groups in total. The standard InChI is InChI=1S/C15H12O2/c1-16-13-8-6-11(7-9-13)15-10-12-4-2-3-5-14(12)17-15/h2-10H,1H3/i5D. The molecule has 0 aliphatic heterocycles. The maximum absolute atomic E-state index is 7.79. The molecule has 3 aromatic rings. The Bertz CT molecular complexity index is 683. The van der Waals surface area contributed by atoms with E-state index < -0.39 is 0 Å². The molecule has 0 radical (unpaired) electrons. The average molecular weight is 225 g/mol. The lowest BCUT2D eigenvalue weighted by Crippen LogP contribution is -1.81. The zero-order valence-electron chi connectivity index (χ0n) is 10.4. The van der Waals surface area contributed by atoms with E-state index >= 15 is 0 Å². The van der Waals surface area contributed by atoms with E-state index in [0.717, 1.165) is 22.5 Å². The summed E-state index contributed by atoms with van der Waals surface area (Å²) in [4.78, 5) is 0. The molecule has 0 saturated heterocycles. The molecule has 2 nitrogen and oxygen atoms in total. The molecule has 0 spiro atoms. The first-order valence-electron chi connectivity index (χ1n) is 5.91. The van der Waals surface area contributed by atoms with Gasteiger partial charge in [-0.3, -0.25) is 0 Å². The van der Waals surface area contributed by atoms with Gasteiger partial charge in [0, 0.05) is 10.9 Å². The van der Waals surface area contributed by atoms with E-state index in [1.165, 1.54) is 0 Å². The lowest BCUT2D eigenvalue weighted by molar-refractivity contribution is 0.415. The summed E-state index contributed by atoms with van der Waals surface area (Å²) in [7, 11) is 1.64. The van der Waals surface area contributed by atoms with Crippen molar-refractivity contribution < 1.29 is 10.5 Å². The van der Waals surface area contributed by atoms with Crippen molar-refractivity contribution in [1.29, 1.82) is 0 Å². The van der Waals surface area contributed by atoms with Crippen LogP contribution in [-0.4, -0.2) is 7.11 Å². The first-order chi connectivity index (χ1) is 8.78. The van der Waals surface area contributed by atoms with E-state index in [2.05, 4.69) is 0 Å². The van der Waals surface area contributed by atoms with Gasteiger partial charge in [-0.2, -0.15) is 0 Å². The Morgan fingerprint density at radius 1 is 1.12 bits per heavy atom. The fourth-order valence-electron chi connectivity index (χ4n) is 1.81. The SMILES string of the molecule is [2H]c1cccc2cc(-c3ccc(OC)cc3)oc12. The van der Waals surface area contributed by atoms with Crippen molar-refractivity contribution in [2.75, 3.05) is 7.11 Å². The molecule has 17 heavy (non-hydrogen) atoms. The van der Waals surface area contributed by atoms with Crippen molar-refractivity contribution in [2.24, 2.45) is 0 Å². The Balaban J connectivity index is 2.10. The molecule has 0 unspecified atom stereocenters. The molecule has 1 heterocycles. The number of para-hydroxylation sites is 1. The number of hydrogen-bond acceptors (Lipinski definition) is 2. The summed E-state index contributed by atoms with van der Waals surface area (Å²) in [6.45, 7) is 0. The Kier molecular flexibility index (Phi) is 2.08. The van der Waals surface area contributed by atoms with Gasteiger partial charge in [0.15, 0.2) is 0 Å². The summed E-state index contributed by atoms with van der Waals surface area (Å²) >= 11 is 0. The molecule has 0 aliphatic carbocycles. The highest BCUT2D eigenvalue weighted by molar-refractivity contribution is 5.82. The van der Waals surface area contributed by atoms with Crippen LogP contribution in [0.4, 0.5) is 0 Å². The fraction of sp³-hybridized carbons (Fsp3) is 0.0667. The molecule has 0 saturated carbocycles. The third-order valence-electron chi connectivity index (χ3n) is 2.72. The van der Waals surface area contributed by atoms with Gasteiger partial charge in [-0.05, 0) is 36.4 Å². The van der Waals surface area contributed by atoms with Gasteiger partial charge in [-0.1, -0.05) is 18.2 Å². The van der Waals surface area contributed by atoms with Crippen molar-refractivity contribution in [3.8, 4) is 17.1 Å². The van der Waals surface area contributed by atoms with E-state index in [1.54, 1.807) is 13.2 Å².